The second-order valence-corrected chi connectivity index (χ2v) is 7.94. The molecule has 1 aliphatic heterocycles. The van der Waals surface area contributed by atoms with E-state index in [1.54, 1.807) is 29.2 Å². The average Bonchev–Trinajstić information content (AvgIpc) is 3.45. The van der Waals surface area contributed by atoms with E-state index in [-0.39, 0.29) is 11.5 Å². The fraction of sp³-hybridized carbons (Fsp3) is 0.200. The number of oxazole rings is 1. The van der Waals surface area contributed by atoms with Crippen molar-refractivity contribution in [2.24, 2.45) is 0 Å². The molecule has 4 nitrogen and oxygen atoms in total. The third kappa shape index (κ3) is 3.97. The summed E-state index contributed by atoms with van der Waals surface area (Å²) in [5, 5.41) is 0. The van der Waals surface area contributed by atoms with Crippen molar-refractivity contribution in [3.8, 4) is 11.1 Å². The van der Waals surface area contributed by atoms with Gasteiger partial charge in [-0.25, -0.2) is 9.37 Å². The lowest BCUT2D eigenvalue weighted by Gasteiger charge is -2.22. The van der Waals surface area contributed by atoms with Crippen LogP contribution in [0.1, 0.15) is 40.7 Å². The Labute approximate surface area is 186 Å². The minimum Gasteiger partial charge on any atom is -0.438 e. The summed E-state index contributed by atoms with van der Waals surface area (Å²) >= 11 is 0. The first kappa shape index (κ1) is 21.2. The molecule has 168 valence electrons. The number of benzene rings is 3. The molecule has 0 aliphatic carbocycles. The number of rotatable bonds is 3. The quantitative estimate of drug-likeness (QED) is 0.327. The maximum atomic E-state index is 13.4. The van der Waals surface area contributed by atoms with Crippen molar-refractivity contribution in [3.05, 3.63) is 89.6 Å². The van der Waals surface area contributed by atoms with Crippen LogP contribution in [0, 0.1) is 5.82 Å². The Kier molecular flexibility index (Phi) is 5.15. The van der Waals surface area contributed by atoms with Gasteiger partial charge in [0.05, 0.1) is 5.56 Å². The van der Waals surface area contributed by atoms with E-state index < -0.39 is 23.6 Å². The summed E-state index contributed by atoms with van der Waals surface area (Å²) in [5.74, 6) is -0.342. The molecule has 0 saturated carbocycles. The van der Waals surface area contributed by atoms with Gasteiger partial charge in [-0.05, 0) is 66.4 Å². The Hall–Kier alpha value is -3.68. The molecule has 1 fully saturated rings. The second kappa shape index (κ2) is 8.03. The zero-order valence-electron chi connectivity index (χ0n) is 17.3. The van der Waals surface area contributed by atoms with Gasteiger partial charge in [0.15, 0.2) is 5.58 Å². The van der Waals surface area contributed by atoms with E-state index in [9.17, 15) is 22.4 Å². The molecule has 1 aromatic heterocycles. The molecular weight excluding hydrogens is 436 g/mol. The number of halogens is 4. The molecule has 0 radical (unpaired) electrons. The van der Waals surface area contributed by atoms with Crippen molar-refractivity contribution in [1.29, 1.82) is 0 Å². The number of hydrogen-bond donors (Lipinski definition) is 0. The first-order valence-corrected chi connectivity index (χ1v) is 10.4. The molecule has 1 aliphatic rings. The lowest BCUT2D eigenvalue weighted by Crippen LogP contribution is -2.30. The minimum atomic E-state index is -4.48. The van der Waals surface area contributed by atoms with Gasteiger partial charge in [0, 0.05) is 12.1 Å². The summed E-state index contributed by atoms with van der Waals surface area (Å²) in [6.07, 6.45) is -3.09. The van der Waals surface area contributed by atoms with Gasteiger partial charge in [-0.2, -0.15) is 13.2 Å². The van der Waals surface area contributed by atoms with Crippen LogP contribution in [-0.4, -0.2) is 22.3 Å². The maximum Gasteiger partial charge on any atom is 0.417 e. The van der Waals surface area contributed by atoms with Crippen molar-refractivity contribution >= 4 is 17.0 Å². The summed E-state index contributed by atoms with van der Waals surface area (Å²) < 4.78 is 59.4. The molecule has 0 N–H and O–H groups in total. The standard InChI is InChI=1S/C25H18F4N2O2/c26-17-10-7-15(8-11-17)24(32)31-13-3-6-21(31)23-30-20-14-16(9-12-22(20)33-23)18-4-1-2-5-19(18)25(27,28)29/h1-2,4-5,7-12,14,21H,3,6,13H2. The summed E-state index contributed by atoms with van der Waals surface area (Å²) in [4.78, 5) is 19.1. The number of carbonyl (C=O) groups is 1. The van der Waals surface area contributed by atoms with E-state index in [0.717, 1.165) is 12.5 Å². The molecule has 0 spiro atoms. The van der Waals surface area contributed by atoms with Crippen LogP contribution >= 0.6 is 0 Å². The lowest BCUT2D eigenvalue weighted by atomic mass is 9.99. The normalized spacial score (nSPS) is 16.5. The summed E-state index contributed by atoms with van der Waals surface area (Å²) in [5.41, 5.74) is 0.927. The van der Waals surface area contributed by atoms with Gasteiger partial charge < -0.3 is 9.32 Å². The van der Waals surface area contributed by atoms with Crippen molar-refractivity contribution in [2.45, 2.75) is 25.1 Å². The van der Waals surface area contributed by atoms with Crippen LogP contribution < -0.4 is 0 Å². The van der Waals surface area contributed by atoms with Crippen LogP contribution in [0.4, 0.5) is 17.6 Å². The molecule has 0 bridgehead atoms. The third-order valence-electron chi connectivity index (χ3n) is 5.84. The number of alkyl halides is 3. The monoisotopic (exact) mass is 454 g/mol. The summed E-state index contributed by atoms with van der Waals surface area (Å²) in [6.45, 7) is 0.504. The molecule has 2 heterocycles. The number of fused-ring (bicyclic) bond motifs is 1. The predicted octanol–water partition coefficient (Wildman–Crippen LogP) is 6.63. The van der Waals surface area contributed by atoms with Crippen molar-refractivity contribution < 1.29 is 26.8 Å². The van der Waals surface area contributed by atoms with Crippen LogP contribution in [0.2, 0.25) is 0 Å². The van der Waals surface area contributed by atoms with Crippen LogP contribution in [-0.2, 0) is 6.18 Å². The van der Waals surface area contributed by atoms with E-state index in [4.69, 9.17) is 4.42 Å². The highest BCUT2D eigenvalue weighted by Crippen LogP contribution is 2.39. The molecule has 5 rings (SSSR count). The molecule has 33 heavy (non-hydrogen) atoms. The zero-order chi connectivity index (χ0) is 23.2. The number of amides is 1. The second-order valence-electron chi connectivity index (χ2n) is 7.94. The maximum absolute atomic E-state index is 13.4. The number of aromatic nitrogens is 1. The Morgan fingerprint density at radius 2 is 1.79 bits per heavy atom. The van der Waals surface area contributed by atoms with Crippen molar-refractivity contribution in [3.63, 3.8) is 0 Å². The minimum absolute atomic E-state index is 0.0606. The molecular formula is C25H18F4N2O2. The van der Waals surface area contributed by atoms with Gasteiger partial charge in [0.25, 0.3) is 5.91 Å². The molecule has 8 heteroatoms. The van der Waals surface area contributed by atoms with Gasteiger partial charge in [-0.1, -0.05) is 24.3 Å². The average molecular weight is 454 g/mol. The van der Waals surface area contributed by atoms with E-state index in [1.807, 2.05) is 0 Å². The van der Waals surface area contributed by atoms with Crippen LogP contribution in [0.15, 0.2) is 71.1 Å². The lowest BCUT2D eigenvalue weighted by molar-refractivity contribution is -0.137. The van der Waals surface area contributed by atoms with Crippen molar-refractivity contribution in [1.82, 2.24) is 9.88 Å². The van der Waals surface area contributed by atoms with Gasteiger partial charge in [-0.3, -0.25) is 4.79 Å². The van der Waals surface area contributed by atoms with Crippen molar-refractivity contribution in [2.75, 3.05) is 6.54 Å². The van der Waals surface area contributed by atoms with Gasteiger partial charge in [0.2, 0.25) is 5.89 Å². The first-order chi connectivity index (χ1) is 15.8. The Morgan fingerprint density at radius 3 is 2.55 bits per heavy atom. The molecule has 1 atom stereocenters. The molecule has 4 aromatic rings. The largest absolute Gasteiger partial charge is 0.438 e. The van der Waals surface area contributed by atoms with Crippen LogP contribution in [0.25, 0.3) is 22.2 Å². The molecule has 1 saturated heterocycles. The number of hydrogen-bond acceptors (Lipinski definition) is 3. The number of likely N-dealkylation sites (tertiary alicyclic amines) is 1. The van der Waals surface area contributed by atoms with Gasteiger partial charge >= 0.3 is 6.18 Å². The Morgan fingerprint density at radius 1 is 1.03 bits per heavy atom. The Bertz CT molecular complexity index is 1330. The summed E-state index contributed by atoms with van der Waals surface area (Å²) in [7, 11) is 0. The number of nitrogens with zero attached hydrogens (tertiary/aromatic N) is 2. The van der Waals surface area contributed by atoms with Gasteiger partial charge in [-0.15, -0.1) is 0 Å². The SMILES string of the molecule is O=C(c1ccc(F)cc1)N1CCCC1c1nc2cc(-c3ccccc3C(F)(F)F)ccc2o1. The highest BCUT2D eigenvalue weighted by Gasteiger charge is 2.35. The predicted molar refractivity (Wildman–Crippen MR) is 114 cm³/mol. The third-order valence-corrected chi connectivity index (χ3v) is 5.84. The van der Waals surface area contributed by atoms with Crippen LogP contribution in [0.5, 0.6) is 0 Å². The smallest absolute Gasteiger partial charge is 0.417 e. The Balaban J connectivity index is 1.48. The zero-order valence-corrected chi connectivity index (χ0v) is 17.3. The van der Waals surface area contributed by atoms with E-state index in [2.05, 4.69) is 4.98 Å². The fourth-order valence-electron chi connectivity index (χ4n) is 4.26. The topological polar surface area (TPSA) is 46.3 Å². The number of carbonyl (C=O) groups excluding carboxylic acids is 1. The van der Waals surface area contributed by atoms with E-state index in [1.165, 1.54) is 36.4 Å². The summed E-state index contributed by atoms with van der Waals surface area (Å²) in [6, 6.07) is 15.0. The molecule has 1 unspecified atom stereocenters. The molecule has 1 amide bonds. The van der Waals surface area contributed by atoms with Gasteiger partial charge in [0.1, 0.15) is 17.4 Å². The molecule has 3 aromatic carbocycles. The fourth-order valence-corrected chi connectivity index (χ4v) is 4.26. The van der Waals surface area contributed by atoms with E-state index >= 15 is 0 Å². The highest BCUT2D eigenvalue weighted by atomic mass is 19.4. The highest BCUT2D eigenvalue weighted by molar-refractivity contribution is 5.94. The first-order valence-electron chi connectivity index (χ1n) is 10.4. The van der Waals surface area contributed by atoms with E-state index in [0.29, 0.717) is 41.1 Å². The van der Waals surface area contributed by atoms with Crippen LogP contribution in [0.3, 0.4) is 0 Å².